The Hall–Kier alpha value is -2.42. The molecule has 0 radical (unpaired) electrons. The maximum Gasteiger partial charge on any atom is 0.275 e. The molecule has 28 heavy (non-hydrogen) atoms. The summed E-state index contributed by atoms with van der Waals surface area (Å²) in [6, 6.07) is 6.77. The van der Waals surface area contributed by atoms with E-state index in [2.05, 4.69) is 16.4 Å². The second-order valence-electron chi connectivity index (χ2n) is 6.12. The highest BCUT2D eigenvalue weighted by Crippen LogP contribution is 2.42. The predicted octanol–water partition coefficient (Wildman–Crippen LogP) is -1.88. The first-order chi connectivity index (χ1) is 13.2. The van der Waals surface area contributed by atoms with Crippen LogP contribution in [0, 0.1) is 0 Å². The minimum atomic E-state index is -4.37. The zero-order valence-corrected chi connectivity index (χ0v) is 16.5. The van der Waals surface area contributed by atoms with Crippen molar-refractivity contribution in [3.8, 4) is 5.75 Å². The second-order valence-corrected chi connectivity index (χ2v) is 8.16. The van der Waals surface area contributed by atoms with Crippen LogP contribution in [-0.4, -0.2) is 36.2 Å². The van der Waals surface area contributed by atoms with E-state index >= 15 is 0 Å². The fraction of sp³-hybridized carbons (Fsp3) is 0.471. The first-order valence-corrected chi connectivity index (χ1v) is 10.4. The molecule has 11 heteroatoms. The third-order valence-corrected chi connectivity index (χ3v) is 5.36. The van der Waals surface area contributed by atoms with Crippen molar-refractivity contribution in [2.75, 3.05) is 6.54 Å². The van der Waals surface area contributed by atoms with Crippen LogP contribution in [0.4, 0.5) is 0 Å². The van der Waals surface area contributed by atoms with Crippen LogP contribution in [0.3, 0.4) is 0 Å². The molecule has 2 unspecified atom stereocenters. The van der Waals surface area contributed by atoms with Gasteiger partial charge in [0.15, 0.2) is 6.54 Å². The number of carboxylic acid groups (broad SMARTS) is 1. The maximum absolute atomic E-state index is 12.1. The predicted molar refractivity (Wildman–Crippen MR) is 95.4 cm³/mol. The molecule has 1 aromatic rings. The van der Waals surface area contributed by atoms with Gasteiger partial charge in [0.05, 0.1) is 12.0 Å². The van der Waals surface area contributed by atoms with E-state index in [0.717, 1.165) is 0 Å². The van der Waals surface area contributed by atoms with Gasteiger partial charge in [-0.3, -0.25) is 14.2 Å². The molecule has 1 aromatic carbocycles. The van der Waals surface area contributed by atoms with Crippen LogP contribution in [0.5, 0.6) is 5.75 Å². The standard InChI is InChI=1S/C17H26N3O7P/c1-12(28(25,26)27-13-7-3-2-4-8-13)19-15(21)10-6-5-9-14(17(23)24)20-16(22)11-18/h2-4,7-8,12,14H,5-6,9-11,18H2,1H3,(H,19,21)(H,20,22)(H,23,24)(H,25,26)/p-1/t12-,14?/m0/s1. The van der Waals surface area contributed by atoms with Crippen LogP contribution in [-0.2, 0) is 18.9 Å². The van der Waals surface area contributed by atoms with Crippen LogP contribution in [0.25, 0.3) is 0 Å². The van der Waals surface area contributed by atoms with E-state index in [4.69, 9.17) is 4.52 Å². The zero-order chi connectivity index (χ0) is 21.2. The minimum Gasteiger partial charge on any atom is -0.768 e. The van der Waals surface area contributed by atoms with Gasteiger partial charge >= 0.3 is 0 Å². The lowest BCUT2D eigenvalue weighted by atomic mass is 10.1. The van der Waals surface area contributed by atoms with Gasteiger partial charge < -0.3 is 35.7 Å². The Bertz CT molecular complexity index is 714. The van der Waals surface area contributed by atoms with Gasteiger partial charge in [0.25, 0.3) is 5.91 Å². The highest BCUT2D eigenvalue weighted by Gasteiger charge is 2.22. The number of para-hydroxylation sites is 1. The Morgan fingerprint density at radius 2 is 1.79 bits per heavy atom. The van der Waals surface area contributed by atoms with Gasteiger partial charge in [-0.25, -0.2) is 0 Å². The molecule has 156 valence electrons. The molecule has 2 amide bonds. The summed E-state index contributed by atoms with van der Waals surface area (Å²) in [7, 11) is -4.37. The van der Waals surface area contributed by atoms with E-state index in [1.54, 1.807) is 18.2 Å². The molecule has 1 rings (SSSR count). The minimum absolute atomic E-state index is 0.00127. The number of unbranched alkanes of at least 4 members (excludes halogenated alkanes) is 1. The molecular formula is C17H25N3O7P-. The molecule has 0 aliphatic rings. The second kappa shape index (κ2) is 11.4. The first-order valence-electron chi connectivity index (χ1n) is 8.80. The number of quaternary nitrogens is 1. The normalized spacial score (nSPS) is 15.0. The number of benzene rings is 1. The molecule has 0 heterocycles. The Kier molecular flexibility index (Phi) is 9.64. The lowest BCUT2D eigenvalue weighted by Gasteiger charge is -2.30. The summed E-state index contributed by atoms with van der Waals surface area (Å²) in [4.78, 5) is 46.3. The molecule has 10 nitrogen and oxygen atoms in total. The van der Waals surface area contributed by atoms with Crippen molar-refractivity contribution >= 4 is 25.4 Å². The Morgan fingerprint density at radius 3 is 2.36 bits per heavy atom. The number of carbonyl (C=O) groups excluding carboxylic acids is 3. The van der Waals surface area contributed by atoms with Crippen LogP contribution >= 0.6 is 7.60 Å². The van der Waals surface area contributed by atoms with Gasteiger partial charge in [-0.1, -0.05) is 24.6 Å². The summed E-state index contributed by atoms with van der Waals surface area (Å²) in [5.41, 5.74) is 3.35. The van der Waals surface area contributed by atoms with Gasteiger partial charge in [0.1, 0.15) is 11.5 Å². The molecule has 0 bridgehead atoms. The molecule has 0 fully saturated rings. The number of carbonyl (C=O) groups is 3. The number of nitrogens with one attached hydrogen (secondary N) is 2. The number of rotatable bonds is 12. The molecule has 0 spiro atoms. The van der Waals surface area contributed by atoms with Crippen molar-refractivity contribution in [3.63, 3.8) is 0 Å². The summed E-state index contributed by atoms with van der Waals surface area (Å²) in [5.74, 6) is -3.50. The zero-order valence-electron chi connectivity index (χ0n) is 15.6. The van der Waals surface area contributed by atoms with Crippen LogP contribution in [0.2, 0.25) is 0 Å². The Labute approximate surface area is 163 Å². The van der Waals surface area contributed by atoms with Gasteiger partial charge in [-0.05, 0) is 31.9 Å². The highest BCUT2D eigenvalue weighted by molar-refractivity contribution is 7.52. The monoisotopic (exact) mass is 414 g/mol. The van der Waals surface area contributed by atoms with Crippen molar-refractivity contribution in [1.29, 1.82) is 0 Å². The van der Waals surface area contributed by atoms with E-state index in [9.17, 15) is 28.9 Å². The lowest BCUT2D eigenvalue weighted by Crippen LogP contribution is -2.60. The van der Waals surface area contributed by atoms with Gasteiger partial charge in [-0.15, -0.1) is 0 Å². The van der Waals surface area contributed by atoms with Crippen molar-refractivity contribution in [3.05, 3.63) is 30.3 Å². The van der Waals surface area contributed by atoms with Gasteiger partial charge in [-0.2, -0.15) is 0 Å². The average Bonchev–Trinajstić information content (AvgIpc) is 2.64. The first kappa shape index (κ1) is 23.6. The van der Waals surface area contributed by atoms with E-state index in [0.29, 0.717) is 12.8 Å². The Morgan fingerprint density at radius 1 is 1.14 bits per heavy atom. The number of amides is 2. The van der Waals surface area contributed by atoms with Gasteiger partial charge in [0.2, 0.25) is 13.5 Å². The van der Waals surface area contributed by atoms with Crippen molar-refractivity contribution < 1.29 is 39.2 Å². The van der Waals surface area contributed by atoms with Crippen LogP contribution in [0.15, 0.2) is 30.3 Å². The third-order valence-electron chi connectivity index (χ3n) is 3.81. The topological polar surface area (TPSA) is 175 Å². The number of aliphatic carboxylic acids is 1. The molecule has 3 atom stereocenters. The van der Waals surface area contributed by atoms with Crippen molar-refractivity contribution in [2.24, 2.45) is 0 Å². The molecule has 0 aliphatic carbocycles. The van der Waals surface area contributed by atoms with Crippen LogP contribution < -0.4 is 30.9 Å². The third kappa shape index (κ3) is 8.51. The van der Waals surface area contributed by atoms with E-state index in [-0.39, 0.29) is 25.1 Å². The SMILES string of the molecule is C[C@@H](NC(=O)CCCCC(NC(=O)C[NH3+])C(=O)[O-])P(=O)([O-])Oc1ccccc1. The maximum atomic E-state index is 12.1. The molecular weight excluding hydrogens is 389 g/mol. The van der Waals surface area contributed by atoms with E-state index < -0.39 is 37.2 Å². The number of hydrogen-bond acceptors (Lipinski definition) is 7. The largest absolute Gasteiger partial charge is 0.768 e. The fourth-order valence-corrected chi connectivity index (χ4v) is 3.12. The number of carboxylic acids is 1. The van der Waals surface area contributed by atoms with Crippen molar-refractivity contribution in [1.82, 2.24) is 10.6 Å². The average molecular weight is 414 g/mol. The Balaban J connectivity index is 2.39. The van der Waals surface area contributed by atoms with Gasteiger partial charge in [0, 0.05) is 6.42 Å². The summed E-state index contributed by atoms with van der Waals surface area (Å²) in [5, 5.41) is 15.6. The summed E-state index contributed by atoms with van der Waals surface area (Å²) in [6.07, 6.45) is 0.728. The quantitative estimate of drug-likeness (QED) is 0.265. The lowest BCUT2D eigenvalue weighted by molar-refractivity contribution is -0.355. The van der Waals surface area contributed by atoms with E-state index in [1.807, 2.05) is 0 Å². The number of hydrogen-bond donors (Lipinski definition) is 3. The van der Waals surface area contributed by atoms with E-state index in [1.165, 1.54) is 19.1 Å². The molecule has 0 aliphatic heterocycles. The summed E-state index contributed by atoms with van der Waals surface area (Å²) >= 11 is 0. The summed E-state index contributed by atoms with van der Waals surface area (Å²) in [6.45, 7) is 1.21. The highest BCUT2D eigenvalue weighted by atomic mass is 31.2. The van der Waals surface area contributed by atoms with Crippen LogP contribution in [0.1, 0.15) is 32.6 Å². The smallest absolute Gasteiger partial charge is 0.275 e. The fourth-order valence-electron chi connectivity index (χ4n) is 2.24. The molecule has 0 aromatic heterocycles. The molecule has 0 saturated heterocycles. The summed E-state index contributed by atoms with van der Waals surface area (Å²) < 4.78 is 17.1. The van der Waals surface area contributed by atoms with Crippen molar-refractivity contribution in [2.45, 2.75) is 44.4 Å². The molecule has 5 N–H and O–H groups in total. The molecule has 0 saturated carbocycles.